The fourth-order valence-electron chi connectivity index (χ4n) is 3.67. The second kappa shape index (κ2) is 3.97. The predicted octanol–water partition coefficient (Wildman–Crippen LogP) is 1.76. The minimum Gasteiger partial charge on any atom is -0.493 e. The summed E-state index contributed by atoms with van der Waals surface area (Å²) in [5.74, 6) is 0.711. The van der Waals surface area contributed by atoms with Crippen LogP contribution in [0.4, 0.5) is 0 Å². The Morgan fingerprint density at radius 2 is 1.95 bits per heavy atom. The molecule has 3 aliphatic rings. The summed E-state index contributed by atoms with van der Waals surface area (Å²) < 4.78 is 11.0. The summed E-state index contributed by atoms with van der Waals surface area (Å²) in [7, 11) is 0. The van der Waals surface area contributed by atoms with Gasteiger partial charge in [-0.15, -0.1) is 0 Å². The Balaban J connectivity index is 1.86. The minimum absolute atomic E-state index is 0.216. The van der Waals surface area contributed by atoms with Crippen LogP contribution < -0.4 is 10.1 Å². The number of nitrogens with one attached hydrogen (secondary N) is 1. The molecule has 1 aromatic rings. The molecule has 0 radical (unpaired) electrons. The first-order chi connectivity index (χ1) is 9.30. The summed E-state index contributed by atoms with van der Waals surface area (Å²) in [6.07, 6.45) is 3.38. The van der Waals surface area contributed by atoms with Gasteiger partial charge in [-0.25, -0.2) is 4.79 Å². The molecule has 0 aromatic heterocycles. The summed E-state index contributed by atoms with van der Waals surface area (Å²) in [5, 5.41) is 3.43. The van der Waals surface area contributed by atoms with Crippen LogP contribution in [0.5, 0.6) is 5.75 Å². The third-order valence-electron chi connectivity index (χ3n) is 4.79. The molecular weight excluding hydrogens is 242 g/mol. The highest BCUT2D eigenvalue weighted by atomic mass is 16.5. The molecule has 1 spiro atoms. The monoisotopic (exact) mass is 259 g/mol. The van der Waals surface area contributed by atoms with E-state index >= 15 is 0 Å². The zero-order valence-electron chi connectivity index (χ0n) is 10.8. The van der Waals surface area contributed by atoms with Crippen LogP contribution in [-0.4, -0.2) is 25.7 Å². The summed E-state index contributed by atoms with van der Waals surface area (Å²) in [6, 6.07) is 4.01. The fraction of sp³-hybridized carbons (Fsp3) is 0.533. The van der Waals surface area contributed by atoms with Gasteiger partial charge in [0.15, 0.2) is 0 Å². The highest BCUT2D eigenvalue weighted by Crippen LogP contribution is 2.47. The van der Waals surface area contributed by atoms with E-state index in [4.69, 9.17) is 9.47 Å². The molecule has 0 unspecified atom stereocenters. The van der Waals surface area contributed by atoms with E-state index in [-0.39, 0.29) is 11.4 Å². The number of benzene rings is 1. The Morgan fingerprint density at radius 3 is 2.79 bits per heavy atom. The van der Waals surface area contributed by atoms with Crippen molar-refractivity contribution in [3.8, 4) is 5.75 Å². The Hall–Kier alpha value is -1.55. The number of rotatable bonds is 0. The number of cyclic esters (lactones) is 1. The number of carbonyl (C=O) groups is 1. The van der Waals surface area contributed by atoms with Gasteiger partial charge in [-0.05, 0) is 38.4 Å². The lowest BCUT2D eigenvalue weighted by Crippen LogP contribution is -2.43. The Morgan fingerprint density at radius 1 is 1.11 bits per heavy atom. The first-order valence-corrected chi connectivity index (χ1v) is 6.97. The average Bonchev–Trinajstić information content (AvgIpc) is 2.82. The summed E-state index contributed by atoms with van der Waals surface area (Å²) in [6.45, 7) is 3.24. The SMILES string of the molecule is O=C1OCc2c1ccc1c2OCCC12CCNCC2. The summed E-state index contributed by atoms with van der Waals surface area (Å²) >= 11 is 0. The van der Waals surface area contributed by atoms with E-state index in [0.29, 0.717) is 12.2 Å². The van der Waals surface area contributed by atoms with Crippen LogP contribution >= 0.6 is 0 Å². The van der Waals surface area contributed by atoms with Crippen molar-refractivity contribution in [2.45, 2.75) is 31.3 Å². The first-order valence-electron chi connectivity index (χ1n) is 6.97. The van der Waals surface area contributed by atoms with Crippen molar-refractivity contribution in [1.29, 1.82) is 0 Å². The second-order valence-electron chi connectivity index (χ2n) is 5.67. The number of ether oxygens (including phenoxy) is 2. The van der Waals surface area contributed by atoms with Crippen molar-refractivity contribution < 1.29 is 14.3 Å². The maximum absolute atomic E-state index is 11.6. The lowest BCUT2D eigenvalue weighted by molar-refractivity contribution is 0.0533. The van der Waals surface area contributed by atoms with E-state index in [1.165, 1.54) is 5.56 Å². The van der Waals surface area contributed by atoms with Gasteiger partial charge in [-0.1, -0.05) is 6.07 Å². The average molecular weight is 259 g/mol. The van der Waals surface area contributed by atoms with Gasteiger partial charge in [0.2, 0.25) is 0 Å². The molecule has 0 aliphatic carbocycles. The zero-order valence-corrected chi connectivity index (χ0v) is 10.8. The highest BCUT2D eigenvalue weighted by molar-refractivity contribution is 5.94. The second-order valence-corrected chi connectivity index (χ2v) is 5.67. The van der Waals surface area contributed by atoms with E-state index in [2.05, 4.69) is 11.4 Å². The van der Waals surface area contributed by atoms with E-state index < -0.39 is 0 Å². The van der Waals surface area contributed by atoms with Gasteiger partial charge in [-0.2, -0.15) is 0 Å². The molecule has 1 saturated heterocycles. The largest absolute Gasteiger partial charge is 0.493 e. The summed E-state index contributed by atoms with van der Waals surface area (Å²) in [5.41, 5.74) is 3.17. The maximum Gasteiger partial charge on any atom is 0.339 e. The Bertz CT molecular complexity index is 547. The van der Waals surface area contributed by atoms with Crippen molar-refractivity contribution in [2.75, 3.05) is 19.7 Å². The van der Waals surface area contributed by atoms with Gasteiger partial charge >= 0.3 is 5.97 Å². The normalized spacial score (nSPS) is 23.5. The molecule has 0 bridgehead atoms. The topological polar surface area (TPSA) is 47.6 Å². The number of fused-ring (bicyclic) bond motifs is 4. The minimum atomic E-state index is -0.216. The highest BCUT2D eigenvalue weighted by Gasteiger charge is 2.41. The number of esters is 1. The Kier molecular flexibility index (Phi) is 2.36. The Labute approximate surface area is 112 Å². The van der Waals surface area contributed by atoms with Gasteiger partial charge in [0, 0.05) is 16.5 Å². The molecule has 0 saturated carbocycles. The molecule has 1 N–H and O–H groups in total. The lowest BCUT2D eigenvalue weighted by Gasteiger charge is -2.42. The molecule has 0 amide bonds. The molecule has 19 heavy (non-hydrogen) atoms. The van der Waals surface area contributed by atoms with Crippen LogP contribution in [0.2, 0.25) is 0 Å². The third kappa shape index (κ3) is 1.53. The van der Waals surface area contributed by atoms with Crippen molar-refractivity contribution in [1.82, 2.24) is 5.32 Å². The van der Waals surface area contributed by atoms with Crippen LogP contribution in [0, 0.1) is 0 Å². The van der Waals surface area contributed by atoms with Crippen molar-refractivity contribution >= 4 is 5.97 Å². The van der Waals surface area contributed by atoms with Gasteiger partial charge in [0.25, 0.3) is 0 Å². The van der Waals surface area contributed by atoms with Crippen molar-refractivity contribution in [2.24, 2.45) is 0 Å². The van der Waals surface area contributed by atoms with Gasteiger partial charge in [-0.3, -0.25) is 0 Å². The molecular formula is C15H17NO3. The van der Waals surface area contributed by atoms with Crippen LogP contribution in [-0.2, 0) is 16.8 Å². The molecule has 3 aliphatic heterocycles. The predicted molar refractivity (Wildman–Crippen MR) is 69.5 cm³/mol. The van der Waals surface area contributed by atoms with Crippen LogP contribution in [0.3, 0.4) is 0 Å². The van der Waals surface area contributed by atoms with E-state index in [0.717, 1.165) is 50.3 Å². The number of hydrogen-bond donors (Lipinski definition) is 1. The number of piperidine rings is 1. The molecule has 3 heterocycles. The quantitative estimate of drug-likeness (QED) is 0.721. The molecule has 0 atom stereocenters. The molecule has 4 heteroatoms. The van der Waals surface area contributed by atoms with Crippen LogP contribution in [0.1, 0.15) is 40.7 Å². The maximum atomic E-state index is 11.6. The third-order valence-corrected chi connectivity index (χ3v) is 4.79. The van der Waals surface area contributed by atoms with E-state index in [1.54, 1.807) is 0 Å². The van der Waals surface area contributed by atoms with Gasteiger partial charge < -0.3 is 14.8 Å². The van der Waals surface area contributed by atoms with E-state index in [1.807, 2.05) is 6.07 Å². The number of carbonyl (C=O) groups excluding carboxylic acids is 1. The van der Waals surface area contributed by atoms with Crippen molar-refractivity contribution in [3.63, 3.8) is 0 Å². The smallest absolute Gasteiger partial charge is 0.339 e. The van der Waals surface area contributed by atoms with Gasteiger partial charge in [0.05, 0.1) is 12.2 Å². The fourth-order valence-corrected chi connectivity index (χ4v) is 3.67. The van der Waals surface area contributed by atoms with Crippen LogP contribution in [0.15, 0.2) is 12.1 Å². The van der Waals surface area contributed by atoms with E-state index in [9.17, 15) is 4.79 Å². The van der Waals surface area contributed by atoms with Crippen molar-refractivity contribution in [3.05, 3.63) is 28.8 Å². The molecule has 1 fully saturated rings. The zero-order chi connectivity index (χ0) is 12.9. The van der Waals surface area contributed by atoms with Crippen LogP contribution in [0.25, 0.3) is 0 Å². The number of hydrogen-bond acceptors (Lipinski definition) is 4. The molecule has 4 rings (SSSR count). The molecule has 1 aromatic carbocycles. The standard InChI is InChI=1S/C15H17NO3/c17-14-10-1-2-12-13(11(10)9-19-14)18-8-5-15(12)3-6-16-7-4-15/h1-2,16H,3-9H2. The molecule has 4 nitrogen and oxygen atoms in total. The molecule has 100 valence electrons. The summed E-state index contributed by atoms with van der Waals surface area (Å²) in [4.78, 5) is 11.6. The first kappa shape index (κ1) is 11.3. The van der Waals surface area contributed by atoms with Gasteiger partial charge in [0.1, 0.15) is 12.4 Å². The lowest BCUT2D eigenvalue weighted by atomic mass is 9.69.